The lowest BCUT2D eigenvalue weighted by Crippen LogP contribution is -2.24. The molecule has 1 unspecified atom stereocenters. The summed E-state index contributed by atoms with van der Waals surface area (Å²) in [6, 6.07) is 1.77. The Labute approximate surface area is 116 Å². The molecule has 0 saturated heterocycles. The summed E-state index contributed by atoms with van der Waals surface area (Å²) < 4.78 is 0. The lowest BCUT2D eigenvalue weighted by atomic mass is 9.86. The van der Waals surface area contributed by atoms with E-state index in [4.69, 9.17) is 5.11 Å². The van der Waals surface area contributed by atoms with Crippen LogP contribution in [0, 0.1) is 12.8 Å². The number of aryl methyl sites for hydroxylation is 2. The predicted molar refractivity (Wildman–Crippen MR) is 70.9 cm³/mol. The Hall–Kier alpha value is -2.37. The zero-order chi connectivity index (χ0) is 14.1. The molecule has 2 aromatic heterocycles. The molecule has 1 atom stereocenters. The van der Waals surface area contributed by atoms with Crippen LogP contribution in [0.2, 0.25) is 0 Å². The van der Waals surface area contributed by atoms with Crippen LogP contribution in [-0.2, 0) is 17.6 Å². The number of aromatic nitrogens is 4. The van der Waals surface area contributed by atoms with Crippen molar-refractivity contribution in [3.05, 3.63) is 35.5 Å². The van der Waals surface area contributed by atoms with Crippen molar-refractivity contribution in [1.82, 2.24) is 19.9 Å². The smallest absolute Gasteiger partial charge is 0.306 e. The van der Waals surface area contributed by atoms with E-state index in [1.807, 2.05) is 6.92 Å². The average Bonchev–Trinajstić information content (AvgIpc) is 2.47. The SMILES string of the molecule is Cc1nc(-c2ccncn2)nc2c1CC(C(=O)O)CC2. The summed E-state index contributed by atoms with van der Waals surface area (Å²) in [5.74, 6) is -0.484. The molecule has 2 aromatic rings. The molecule has 6 heteroatoms. The highest BCUT2D eigenvalue weighted by molar-refractivity contribution is 5.71. The number of rotatable bonds is 2. The molecule has 1 N–H and O–H groups in total. The monoisotopic (exact) mass is 270 g/mol. The second kappa shape index (κ2) is 4.96. The maximum absolute atomic E-state index is 11.1. The van der Waals surface area contributed by atoms with Gasteiger partial charge in [-0.1, -0.05) is 0 Å². The molecule has 0 fully saturated rings. The Bertz CT molecular complexity index is 658. The third kappa shape index (κ3) is 2.24. The van der Waals surface area contributed by atoms with E-state index >= 15 is 0 Å². The molecule has 1 aliphatic carbocycles. The van der Waals surface area contributed by atoms with E-state index in [1.165, 1.54) is 6.33 Å². The fourth-order valence-electron chi connectivity index (χ4n) is 2.54. The number of carboxylic acids is 1. The van der Waals surface area contributed by atoms with Gasteiger partial charge in [0.15, 0.2) is 5.82 Å². The van der Waals surface area contributed by atoms with Crippen LogP contribution in [0.25, 0.3) is 11.5 Å². The van der Waals surface area contributed by atoms with Crippen LogP contribution < -0.4 is 0 Å². The summed E-state index contributed by atoms with van der Waals surface area (Å²) in [6.07, 6.45) is 4.94. The van der Waals surface area contributed by atoms with Gasteiger partial charge in [0.05, 0.1) is 5.92 Å². The van der Waals surface area contributed by atoms with Gasteiger partial charge < -0.3 is 5.11 Å². The minimum atomic E-state index is -0.741. The maximum Gasteiger partial charge on any atom is 0.306 e. The summed E-state index contributed by atoms with van der Waals surface area (Å²) in [5.41, 5.74) is 3.45. The minimum absolute atomic E-state index is 0.324. The number of aliphatic carboxylic acids is 1. The van der Waals surface area contributed by atoms with Gasteiger partial charge in [0.2, 0.25) is 0 Å². The van der Waals surface area contributed by atoms with E-state index in [9.17, 15) is 4.79 Å². The molecule has 0 amide bonds. The van der Waals surface area contributed by atoms with Crippen molar-refractivity contribution in [3.8, 4) is 11.5 Å². The van der Waals surface area contributed by atoms with E-state index in [0.29, 0.717) is 30.8 Å². The first-order valence-electron chi connectivity index (χ1n) is 6.50. The summed E-state index contributed by atoms with van der Waals surface area (Å²) in [4.78, 5) is 28.1. The standard InChI is InChI=1S/C14H14N4O2/c1-8-10-6-9(14(19)20)2-3-11(10)18-13(17-8)12-4-5-15-7-16-12/h4-5,7,9H,2-3,6H2,1H3,(H,19,20). The molecule has 6 nitrogen and oxygen atoms in total. The van der Waals surface area contributed by atoms with Gasteiger partial charge in [0, 0.05) is 17.6 Å². The van der Waals surface area contributed by atoms with E-state index < -0.39 is 5.97 Å². The fraction of sp³-hybridized carbons (Fsp3) is 0.357. The first-order chi connectivity index (χ1) is 9.65. The van der Waals surface area contributed by atoms with Crippen LogP contribution in [0.4, 0.5) is 0 Å². The molecular weight excluding hydrogens is 256 g/mol. The number of hydrogen-bond acceptors (Lipinski definition) is 5. The predicted octanol–water partition coefficient (Wildman–Crippen LogP) is 1.43. The summed E-state index contributed by atoms with van der Waals surface area (Å²) in [7, 11) is 0. The molecule has 2 heterocycles. The normalized spacial score (nSPS) is 17.6. The van der Waals surface area contributed by atoms with Gasteiger partial charge >= 0.3 is 5.97 Å². The Morgan fingerprint density at radius 1 is 1.40 bits per heavy atom. The van der Waals surface area contributed by atoms with E-state index in [-0.39, 0.29) is 5.92 Å². The van der Waals surface area contributed by atoms with E-state index in [2.05, 4.69) is 19.9 Å². The van der Waals surface area contributed by atoms with Crippen LogP contribution in [0.5, 0.6) is 0 Å². The Morgan fingerprint density at radius 2 is 2.25 bits per heavy atom. The molecule has 1 aliphatic rings. The number of nitrogens with zero attached hydrogens (tertiary/aromatic N) is 4. The lowest BCUT2D eigenvalue weighted by molar-refractivity contribution is -0.142. The highest BCUT2D eigenvalue weighted by atomic mass is 16.4. The van der Waals surface area contributed by atoms with Crippen LogP contribution in [0.1, 0.15) is 23.4 Å². The lowest BCUT2D eigenvalue weighted by Gasteiger charge is -2.22. The zero-order valence-electron chi connectivity index (χ0n) is 11.1. The molecule has 20 heavy (non-hydrogen) atoms. The molecular formula is C14H14N4O2. The number of hydrogen-bond donors (Lipinski definition) is 1. The van der Waals surface area contributed by atoms with Crippen molar-refractivity contribution >= 4 is 5.97 Å². The van der Waals surface area contributed by atoms with E-state index in [0.717, 1.165) is 17.0 Å². The van der Waals surface area contributed by atoms with Crippen molar-refractivity contribution < 1.29 is 9.90 Å². The average molecular weight is 270 g/mol. The first kappa shape index (κ1) is 12.7. The van der Waals surface area contributed by atoms with Crippen LogP contribution in [-0.4, -0.2) is 31.0 Å². The molecule has 0 bridgehead atoms. The fourth-order valence-corrected chi connectivity index (χ4v) is 2.54. The van der Waals surface area contributed by atoms with Gasteiger partial charge in [-0.25, -0.2) is 19.9 Å². The highest BCUT2D eigenvalue weighted by Crippen LogP contribution is 2.27. The van der Waals surface area contributed by atoms with E-state index in [1.54, 1.807) is 12.3 Å². The maximum atomic E-state index is 11.1. The number of carboxylic acid groups (broad SMARTS) is 1. The van der Waals surface area contributed by atoms with Crippen molar-refractivity contribution in [2.24, 2.45) is 5.92 Å². The Balaban J connectivity index is 2.00. The van der Waals surface area contributed by atoms with Gasteiger partial charge in [-0.05, 0) is 37.8 Å². The Morgan fingerprint density at radius 3 is 2.95 bits per heavy atom. The molecule has 0 saturated carbocycles. The van der Waals surface area contributed by atoms with Crippen molar-refractivity contribution in [2.75, 3.05) is 0 Å². The van der Waals surface area contributed by atoms with Gasteiger partial charge in [0.25, 0.3) is 0 Å². The van der Waals surface area contributed by atoms with Gasteiger partial charge in [-0.15, -0.1) is 0 Å². The van der Waals surface area contributed by atoms with Crippen LogP contribution >= 0.6 is 0 Å². The van der Waals surface area contributed by atoms with Crippen LogP contribution in [0.15, 0.2) is 18.6 Å². The summed E-state index contributed by atoms with van der Waals surface area (Å²) >= 11 is 0. The number of carbonyl (C=O) groups is 1. The molecule has 0 aliphatic heterocycles. The van der Waals surface area contributed by atoms with Crippen molar-refractivity contribution in [2.45, 2.75) is 26.2 Å². The largest absolute Gasteiger partial charge is 0.481 e. The topological polar surface area (TPSA) is 88.9 Å². The third-order valence-corrected chi connectivity index (χ3v) is 3.64. The van der Waals surface area contributed by atoms with Gasteiger partial charge in [-0.2, -0.15) is 0 Å². The van der Waals surface area contributed by atoms with Crippen molar-refractivity contribution in [3.63, 3.8) is 0 Å². The highest BCUT2D eigenvalue weighted by Gasteiger charge is 2.27. The third-order valence-electron chi connectivity index (χ3n) is 3.64. The first-order valence-corrected chi connectivity index (χ1v) is 6.50. The molecule has 3 rings (SSSR count). The second-order valence-electron chi connectivity index (χ2n) is 4.93. The summed E-state index contributed by atoms with van der Waals surface area (Å²) in [6.45, 7) is 1.90. The van der Waals surface area contributed by atoms with Crippen LogP contribution in [0.3, 0.4) is 0 Å². The molecule has 0 spiro atoms. The summed E-state index contributed by atoms with van der Waals surface area (Å²) in [5, 5.41) is 9.13. The Kier molecular flexibility index (Phi) is 3.14. The zero-order valence-corrected chi connectivity index (χ0v) is 11.1. The van der Waals surface area contributed by atoms with Gasteiger partial charge in [0.1, 0.15) is 12.0 Å². The molecule has 102 valence electrons. The second-order valence-corrected chi connectivity index (χ2v) is 4.93. The van der Waals surface area contributed by atoms with Crippen molar-refractivity contribution in [1.29, 1.82) is 0 Å². The quantitative estimate of drug-likeness (QED) is 0.888. The molecule has 0 radical (unpaired) electrons. The minimum Gasteiger partial charge on any atom is -0.481 e. The van der Waals surface area contributed by atoms with Gasteiger partial charge in [-0.3, -0.25) is 4.79 Å². The number of fused-ring (bicyclic) bond motifs is 1. The molecule has 0 aromatic carbocycles.